The number of carbonyl (C=O) groups excluding carboxylic acids is 1. The molecule has 3 nitrogen and oxygen atoms in total. The Morgan fingerprint density at radius 1 is 1.21 bits per heavy atom. The molecule has 0 saturated carbocycles. The topological polar surface area (TPSA) is 50.1 Å². The Hall–Kier alpha value is -2.67. The van der Waals surface area contributed by atoms with E-state index in [0.29, 0.717) is 11.1 Å². The lowest BCUT2D eigenvalue weighted by atomic mass is 9.99. The number of esters is 1. The minimum absolute atomic E-state index is 0.237. The summed E-state index contributed by atoms with van der Waals surface area (Å²) in [6, 6.07) is 12.5. The fraction of sp³-hybridized carbons (Fsp3) is 0.0667. The Balaban J connectivity index is 2.49. The van der Waals surface area contributed by atoms with Gasteiger partial charge in [0, 0.05) is 5.56 Å². The van der Waals surface area contributed by atoms with E-state index >= 15 is 0 Å². The number of benzene rings is 2. The van der Waals surface area contributed by atoms with E-state index in [4.69, 9.17) is 5.26 Å². The van der Waals surface area contributed by atoms with Crippen molar-refractivity contribution in [2.24, 2.45) is 0 Å². The third kappa shape index (κ3) is 2.45. The number of rotatable bonds is 2. The van der Waals surface area contributed by atoms with Gasteiger partial charge in [-0.05, 0) is 29.8 Å². The minimum Gasteiger partial charge on any atom is -0.465 e. The van der Waals surface area contributed by atoms with Crippen LogP contribution in [-0.2, 0) is 4.74 Å². The molecule has 0 saturated heterocycles. The highest BCUT2D eigenvalue weighted by atomic mass is 19.1. The largest absolute Gasteiger partial charge is 0.465 e. The maximum Gasteiger partial charge on any atom is 0.337 e. The van der Waals surface area contributed by atoms with E-state index in [9.17, 15) is 9.18 Å². The van der Waals surface area contributed by atoms with Crippen molar-refractivity contribution in [2.75, 3.05) is 7.11 Å². The lowest BCUT2D eigenvalue weighted by molar-refractivity contribution is 0.0601. The zero-order valence-corrected chi connectivity index (χ0v) is 10.2. The van der Waals surface area contributed by atoms with Crippen molar-refractivity contribution in [3.05, 3.63) is 59.4 Å². The van der Waals surface area contributed by atoms with Crippen molar-refractivity contribution in [1.82, 2.24) is 0 Å². The average molecular weight is 255 g/mol. The summed E-state index contributed by atoms with van der Waals surface area (Å²) in [5.41, 5.74) is 1.41. The molecule has 4 heteroatoms. The van der Waals surface area contributed by atoms with E-state index < -0.39 is 11.8 Å². The van der Waals surface area contributed by atoms with Gasteiger partial charge < -0.3 is 4.74 Å². The van der Waals surface area contributed by atoms with Gasteiger partial charge in [0.05, 0.1) is 24.3 Å². The SMILES string of the molecule is COC(=O)c1ccc(-c2c(F)cccc2C#N)cc1. The Labute approximate surface area is 109 Å². The summed E-state index contributed by atoms with van der Waals surface area (Å²) in [7, 11) is 1.29. The maximum atomic E-state index is 13.8. The lowest BCUT2D eigenvalue weighted by Crippen LogP contribution is -2.00. The normalized spacial score (nSPS) is 9.74. The molecule has 0 aliphatic carbocycles. The van der Waals surface area contributed by atoms with Crippen LogP contribution in [0.15, 0.2) is 42.5 Å². The number of methoxy groups -OCH3 is 1. The number of carbonyl (C=O) groups is 1. The Kier molecular flexibility index (Phi) is 3.58. The molecule has 2 aromatic rings. The van der Waals surface area contributed by atoms with Crippen LogP contribution in [0, 0.1) is 17.1 Å². The van der Waals surface area contributed by atoms with Gasteiger partial charge in [0.15, 0.2) is 0 Å². The Morgan fingerprint density at radius 3 is 2.47 bits per heavy atom. The zero-order valence-electron chi connectivity index (χ0n) is 10.2. The summed E-state index contributed by atoms with van der Waals surface area (Å²) in [4.78, 5) is 11.3. The first-order valence-electron chi connectivity index (χ1n) is 5.54. The third-order valence-electron chi connectivity index (χ3n) is 2.73. The average Bonchev–Trinajstić information content (AvgIpc) is 2.46. The van der Waals surface area contributed by atoms with E-state index in [1.165, 1.54) is 31.4 Å². The summed E-state index contributed by atoms with van der Waals surface area (Å²) in [6.07, 6.45) is 0. The van der Waals surface area contributed by atoms with Gasteiger partial charge in [-0.25, -0.2) is 9.18 Å². The van der Waals surface area contributed by atoms with Crippen molar-refractivity contribution in [3.63, 3.8) is 0 Å². The fourth-order valence-corrected chi connectivity index (χ4v) is 1.80. The molecule has 0 aliphatic rings. The molecule has 94 valence electrons. The number of nitrogens with zero attached hydrogens (tertiary/aromatic N) is 1. The Morgan fingerprint density at radius 2 is 1.89 bits per heavy atom. The van der Waals surface area contributed by atoms with E-state index in [1.54, 1.807) is 18.2 Å². The van der Waals surface area contributed by atoms with Crippen LogP contribution >= 0.6 is 0 Å². The van der Waals surface area contributed by atoms with Crippen LogP contribution in [0.25, 0.3) is 11.1 Å². The molecule has 2 rings (SSSR count). The summed E-state index contributed by atoms with van der Waals surface area (Å²) >= 11 is 0. The van der Waals surface area contributed by atoms with Gasteiger partial charge in [0.1, 0.15) is 5.82 Å². The monoisotopic (exact) mass is 255 g/mol. The number of hydrogen-bond acceptors (Lipinski definition) is 3. The van der Waals surface area contributed by atoms with Crippen molar-refractivity contribution in [3.8, 4) is 17.2 Å². The third-order valence-corrected chi connectivity index (χ3v) is 2.73. The number of hydrogen-bond donors (Lipinski definition) is 0. The first kappa shape index (κ1) is 12.8. The van der Waals surface area contributed by atoms with Crippen LogP contribution in [0.3, 0.4) is 0 Å². The van der Waals surface area contributed by atoms with Gasteiger partial charge >= 0.3 is 5.97 Å². The smallest absolute Gasteiger partial charge is 0.337 e. The molecule has 0 N–H and O–H groups in total. The molecule has 2 aromatic carbocycles. The van der Waals surface area contributed by atoms with E-state index in [0.717, 1.165) is 0 Å². The first-order valence-corrected chi connectivity index (χ1v) is 5.54. The lowest BCUT2D eigenvalue weighted by Gasteiger charge is -2.06. The second-order valence-electron chi connectivity index (χ2n) is 3.84. The minimum atomic E-state index is -0.468. The molecular weight excluding hydrogens is 245 g/mol. The maximum absolute atomic E-state index is 13.8. The van der Waals surface area contributed by atoms with Gasteiger partial charge in [-0.3, -0.25) is 0 Å². The van der Waals surface area contributed by atoms with Gasteiger partial charge in [-0.2, -0.15) is 5.26 Å². The van der Waals surface area contributed by atoms with Crippen molar-refractivity contribution < 1.29 is 13.9 Å². The van der Waals surface area contributed by atoms with Crippen molar-refractivity contribution >= 4 is 5.97 Å². The molecule has 0 aliphatic heterocycles. The Bertz CT molecular complexity index is 657. The van der Waals surface area contributed by atoms with Crippen molar-refractivity contribution in [1.29, 1.82) is 5.26 Å². The molecule has 0 aromatic heterocycles. The highest BCUT2D eigenvalue weighted by Crippen LogP contribution is 2.26. The predicted molar refractivity (Wildman–Crippen MR) is 67.9 cm³/mol. The molecule has 0 amide bonds. The molecule has 0 unspecified atom stereocenters. The van der Waals surface area contributed by atoms with Gasteiger partial charge in [-0.15, -0.1) is 0 Å². The van der Waals surface area contributed by atoms with Gasteiger partial charge in [-0.1, -0.05) is 18.2 Å². The second-order valence-corrected chi connectivity index (χ2v) is 3.84. The predicted octanol–water partition coefficient (Wildman–Crippen LogP) is 3.15. The van der Waals surface area contributed by atoms with Crippen molar-refractivity contribution in [2.45, 2.75) is 0 Å². The highest BCUT2D eigenvalue weighted by molar-refractivity contribution is 5.90. The van der Waals surface area contributed by atoms with E-state index in [1.807, 2.05) is 6.07 Å². The van der Waals surface area contributed by atoms with Gasteiger partial charge in [0.25, 0.3) is 0 Å². The molecule has 0 atom stereocenters. The summed E-state index contributed by atoms with van der Waals surface area (Å²) < 4.78 is 18.4. The molecule has 0 spiro atoms. The summed E-state index contributed by atoms with van der Waals surface area (Å²) in [5, 5.41) is 8.99. The summed E-state index contributed by atoms with van der Waals surface area (Å²) in [6.45, 7) is 0. The fourth-order valence-electron chi connectivity index (χ4n) is 1.80. The van der Waals surface area contributed by atoms with E-state index in [2.05, 4.69) is 4.74 Å². The van der Waals surface area contributed by atoms with Crippen LogP contribution in [0.5, 0.6) is 0 Å². The highest BCUT2D eigenvalue weighted by Gasteiger charge is 2.11. The number of nitriles is 1. The summed E-state index contributed by atoms with van der Waals surface area (Å²) in [5.74, 6) is -0.926. The number of halogens is 1. The van der Waals surface area contributed by atoms with Crippen LogP contribution < -0.4 is 0 Å². The quantitative estimate of drug-likeness (QED) is 0.774. The molecule has 0 fully saturated rings. The molecule has 0 heterocycles. The van der Waals surface area contributed by atoms with Crippen LogP contribution in [-0.4, -0.2) is 13.1 Å². The van der Waals surface area contributed by atoms with Crippen LogP contribution in [0.1, 0.15) is 15.9 Å². The second kappa shape index (κ2) is 5.32. The molecule has 0 radical (unpaired) electrons. The molecule has 0 bridgehead atoms. The molecular formula is C15H10FNO2. The zero-order chi connectivity index (χ0) is 13.8. The standard InChI is InChI=1S/C15H10FNO2/c1-19-15(18)11-7-5-10(6-8-11)14-12(9-17)3-2-4-13(14)16/h2-8H,1H3. The van der Waals surface area contributed by atoms with Crippen LogP contribution in [0.2, 0.25) is 0 Å². The van der Waals surface area contributed by atoms with Gasteiger partial charge in [0.2, 0.25) is 0 Å². The molecule has 19 heavy (non-hydrogen) atoms. The van der Waals surface area contributed by atoms with E-state index in [-0.39, 0.29) is 11.1 Å². The number of ether oxygens (including phenoxy) is 1. The first-order chi connectivity index (χ1) is 9.17. The van der Waals surface area contributed by atoms with Crippen LogP contribution in [0.4, 0.5) is 4.39 Å².